The van der Waals surface area contributed by atoms with E-state index < -0.39 is 18.6 Å². The molecule has 1 aromatic carbocycles. The highest BCUT2D eigenvalue weighted by Gasteiger charge is 2.43. The Hall–Kier alpha value is -1.81. The fraction of sp³-hybridized carbons (Fsp3) is 0.579. The Morgan fingerprint density at radius 3 is 2.45 bits per heavy atom. The summed E-state index contributed by atoms with van der Waals surface area (Å²) in [4.78, 5) is 18.3. The lowest BCUT2D eigenvalue weighted by Crippen LogP contribution is -2.57. The van der Waals surface area contributed by atoms with Gasteiger partial charge in [-0.1, -0.05) is 24.4 Å². The number of hydrogen-bond acceptors (Lipinski definition) is 5. The Morgan fingerprint density at radius 1 is 1.31 bits per heavy atom. The number of aliphatic carboxylic acids is 1. The van der Waals surface area contributed by atoms with E-state index in [-0.39, 0.29) is 12.2 Å². The van der Waals surface area contributed by atoms with Gasteiger partial charge in [-0.15, -0.1) is 0 Å². The second-order valence-corrected chi connectivity index (χ2v) is 7.95. The number of nitrogens with zero attached hydrogens (tertiary/aromatic N) is 2. The van der Waals surface area contributed by atoms with E-state index in [1.54, 1.807) is 19.2 Å². The molecule has 0 spiro atoms. The standard InChI is InChI=1S/C19H30BClN4O4/c1-23-18(24-16-6-4-15(21)5-7-16)25-12-8-14(9-13-25)19(22,17(26)27)10-2-3-11-20(28)29/h4-7,14,28-29H,2-3,8-13,22H2,1H3,(H,23,24)(H,26,27). The van der Waals surface area contributed by atoms with Gasteiger partial charge in [-0.2, -0.15) is 0 Å². The van der Waals surface area contributed by atoms with Gasteiger partial charge in [-0.3, -0.25) is 9.79 Å². The number of anilines is 1. The van der Waals surface area contributed by atoms with E-state index in [1.165, 1.54) is 0 Å². The van der Waals surface area contributed by atoms with Gasteiger partial charge in [0.2, 0.25) is 0 Å². The molecule has 1 aliphatic heterocycles. The first-order chi connectivity index (χ1) is 13.8. The predicted molar refractivity (Wildman–Crippen MR) is 116 cm³/mol. The van der Waals surface area contributed by atoms with Crippen molar-refractivity contribution in [2.75, 3.05) is 25.5 Å². The van der Waals surface area contributed by atoms with Gasteiger partial charge in [0.1, 0.15) is 5.54 Å². The molecule has 0 radical (unpaired) electrons. The molecule has 1 aromatic rings. The minimum atomic E-state index is -1.37. The molecule has 0 bridgehead atoms. The SMILES string of the molecule is CN=C(Nc1ccc(Cl)cc1)N1CCC(C(N)(CCCCB(O)O)C(=O)O)CC1. The maximum Gasteiger partial charge on any atom is 0.451 e. The molecule has 1 unspecified atom stereocenters. The molecule has 6 N–H and O–H groups in total. The number of guanidine groups is 1. The van der Waals surface area contributed by atoms with E-state index in [4.69, 9.17) is 27.4 Å². The maximum atomic E-state index is 11.9. The summed E-state index contributed by atoms with van der Waals surface area (Å²) in [7, 11) is 0.347. The monoisotopic (exact) mass is 424 g/mol. The molecule has 1 aliphatic rings. The number of carbonyl (C=O) groups is 1. The quantitative estimate of drug-likeness (QED) is 0.186. The summed E-state index contributed by atoms with van der Waals surface area (Å²) < 4.78 is 0. The van der Waals surface area contributed by atoms with Crippen LogP contribution in [-0.4, -0.2) is 64.8 Å². The molecule has 1 fully saturated rings. The Bertz CT molecular complexity index is 696. The second-order valence-electron chi connectivity index (χ2n) is 7.51. The van der Waals surface area contributed by atoms with Gasteiger partial charge in [0.05, 0.1) is 0 Å². The van der Waals surface area contributed by atoms with E-state index in [0.717, 1.165) is 11.6 Å². The van der Waals surface area contributed by atoms with Crippen LogP contribution >= 0.6 is 11.6 Å². The average molecular weight is 425 g/mol. The number of halogens is 1. The van der Waals surface area contributed by atoms with Crippen molar-refractivity contribution in [3.05, 3.63) is 29.3 Å². The lowest BCUT2D eigenvalue weighted by Gasteiger charge is -2.41. The van der Waals surface area contributed by atoms with Gasteiger partial charge in [0.15, 0.2) is 5.96 Å². The first kappa shape index (κ1) is 23.5. The Balaban J connectivity index is 1.93. The van der Waals surface area contributed by atoms with Crippen LogP contribution < -0.4 is 11.1 Å². The molecule has 1 atom stereocenters. The third-order valence-electron chi connectivity index (χ3n) is 5.54. The predicted octanol–water partition coefficient (Wildman–Crippen LogP) is 1.87. The number of benzene rings is 1. The van der Waals surface area contributed by atoms with Crippen molar-refractivity contribution in [1.82, 2.24) is 4.90 Å². The van der Waals surface area contributed by atoms with Crippen molar-refractivity contribution in [3.8, 4) is 0 Å². The molecule has 0 aromatic heterocycles. The highest BCUT2D eigenvalue weighted by molar-refractivity contribution is 6.40. The first-order valence-corrected chi connectivity index (χ1v) is 10.3. The topological polar surface area (TPSA) is 131 Å². The molecular formula is C19H30BClN4O4. The van der Waals surface area contributed by atoms with Crippen LogP contribution in [0, 0.1) is 5.92 Å². The lowest BCUT2D eigenvalue weighted by atomic mass is 9.74. The Labute approximate surface area is 176 Å². The van der Waals surface area contributed by atoms with E-state index in [2.05, 4.69) is 15.2 Å². The van der Waals surface area contributed by atoms with Gasteiger partial charge < -0.3 is 31.1 Å². The number of carboxylic acids is 1. The zero-order valence-electron chi connectivity index (χ0n) is 16.7. The highest BCUT2D eigenvalue weighted by atomic mass is 35.5. The second kappa shape index (κ2) is 10.8. The summed E-state index contributed by atoms with van der Waals surface area (Å²) in [5, 5.41) is 31.6. The zero-order valence-corrected chi connectivity index (χ0v) is 17.5. The van der Waals surface area contributed by atoms with Crippen LogP contribution in [0.15, 0.2) is 29.3 Å². The Morgan fingerprint density at radius 2 is 1.93 bits per heavy atom. The number of aliphatic imine (C=N–C) groups is 1. The molecule has 8 nitrogen and oxygen atoms in total. The molecule has 29 heavy (non-hydrogen) atoms. The Kier molecular flexibility index (Phi) is 8.76. The highest BCUT2D eigenvalue weighted by Crippen LogP contribution is 2.31. The maximum absolute atomic E-state index is 11.9. The van der Waals surface area contributed by atoms with Crippen molar-refractivity contribution in [3.63, 3.8) is 0 Å². The minimum Gasteiger partial charge on any atom is -0.480 e. The lowest BCUT2D eigenvalue weighted by molar-refractivity contribution is -0.146. The van der Waals surface area contributed by atoms with Crippen LogP contribution in [0.3, 0.4) is 0 Å². The molecule has 0 amide bonds. The number of likely N-dealkylation sites (tertiary alicyclic amines) is 1. The number of piperidine rings is 1. The number of nitrogens with one attached hydrogen (secondary N) is 1. The molecule has 0 saturated carbocycles. The number of nitrogens with two attached hydrogens (primary N) is 1. The average Bonchev–Trinajstić information content (AvgIpc) is 2.70. The van der Waals surface area contributed by atoms with Gasteiger partial charge >= 0.3 is 13.1 Å². The smallest absolute Gasteiger partial charge is 0.451 e. The number of hydrogen-bond donors (Lipinski definition) is 5. The van der Waals surface area contributed by atoms with E-state index >= 15 is 0 Å². The molecule has 1 heterocycles. The molecule has 1 saturated heterocycles. The molecular weight excluding hydrogens is 394 g/mol. The molecule has 0 aliphatic carbocycles. The zero-order chi connectivity index (χ0) is 21.4. The summed E-state index contributed by atoms with van der Waals surface area (Å²) in [6.45, 7) is 1.30. The van der Waals surface area contributed by atoms with Gasteiger partial charge in [0, 0.05) is 30.8 Å². The van der Waals surface area contributed by atoms with Crippen molar-refractivity contribution in [2.45, 2.75) is 44.0 Å². The van der Waals surface area contributed by atoms with Gasteiger partial charge in [-0.25, -0.2) is 0 Å². The number of rotatable bonds is 8. The number of carboxylic acid groups (broad SMARTS) is 1. The van der Waals surface area contributed by atoms with Gasteiger partial charge in [-0.05, 0) is 55.8 Å². The fourth-order valence-electron chi connectivity index (χ4n) is 3.78. The van der Waals surface area contributed by atoms with Crippen LogP contribution in [-0.2, 0) is 4.79 Å². The third-order valence-corrected chi connectivity index (χ3v) is 5.79. The number of unbranched alkanes of at least 4 members (excludes halogenated alkanes) is 1. The van der Waals surface area contributed by atoms with Crippen molar-refractivity contribution in [2.24, 2.45) is 16.6 Å². The molecule has 2 rings (SSSR count). The van der Waals surface area contributed by atoms with E-state index in [0.29, 0.717) is 50.2 Å². The van der Waals surface area contributed by atoms with Crippen molar-refractivity contribution in [1.29, 1.82) is 0 Å². The summed E-state index contributed by atoms with van der Waals surface area (Å²) in [5.74, 6) is -0.422. The first-order valence-electron chi connectivity index (χ1n) is 9.89. The third kappa shape index (κ3) is 6.60. The van der Waals surface area contributed by atoms with Crippen LogP contribution in [0.4, 0.5) is 5.69 Å². The summed E-state index contributed by atoms with van der Waals surface area (Å²) in [5.41, 5.74) is 5.89. The van der Waals surface area contributed by atoms with Crippen LogP contribution in [0.25, 0.3) is 0 Å². The summed E-state index contributed by atoms with van der Waals surface area (Å²) >= 11 is 5.92. The van der Waals surface area contributed by atoms with Gasteiger partial charge in [0.25, 0.3) is 0 Å². The van der Waals surface area contributed by atoms with E-state index in [9.17, 15) is 9.90 Å². The minimum absolute atomic E-state index is 0.149. The van der Waals surface area contributed by atoms with Crippen LogP contribution in [0.2, 0.25) is 11.3 Å². The largest absolute Gasteiger partial charge is 0.480 e. The van der Waals surface area contributed by atoms with Crippen LogP contribution in [0.1, 0.15) is 32.1 Å². The normalized spacial score (nSPS) is 17.7. The fourth-order valence-corrected chi connectivity index (χ4v) is 3.90. The molecule has 10 heteroatoms. The van der Waals surface area contributed by atoms with Crippen molar-refractivity contribution < 1.29 is 19.9 Å². The van der Waals surface area contributed by atoms with E-state index in [1.807, 2.05) is 12.1 Å². The van der Waals surface area contributed by atoms with Crippen molar-refractivity contribution >= 4 is 36.3 Å². The summed E-state index contributed by atoms with van der Waals surface area (Å²) in [6, 6.07) is 7.35. The molecule has 160 valence electrons. The summed E-state index contributed by atoms with van der Waals surface area (Å²) in [6.07, 6.45) is 2.90. The van der Waals surface area contributed by atoms with Crippen LogP contribution in [0.5, 0.6) is 0 Å².